The first kappa shape index (κ1) is 23.8. The van der Waals surface area contributed by atoms with Crippen molar-refractivity contribution in [1.29, 1.82) is 0 Å². The highest BCUT2D eigenvalue weighted by Gasteiger charge is 2.31. The van der Waals surface area contributed by atoms with Crippen molar-refractivity contribution in [3.05, 3.63) is 70.2 Å². The van der Waals surface area contributed by atoms with Crippen LogP contribution in [-0.4, -0.2) is 41.1 Å². The zero-order valence-electron chi connectivity index (χ0n) is 16.7. The van der Waals surface area contributed by atoms with Crippen LogP contribution in [0.15, 0.2) is 53.3 Å². The minimum absolute atomic E-state index is 0.0781. The number of anilines is 2. The smallest absolute Gasteiger partial charge is 0.406 e. The van der Waals surface area contributed by atoms with E-state index in [-0.39, 0.29) is 21.4 Å². The Labute approximate surface area is 192 Å². The Kier molecular flexibility index (Phi) is 6.72. The van der Waals surface area contributed by atoms with Gasteiger partial charge in [-0.25, -0.2) is 4.98 Å². The van der Waals surface area contributed by atoms with E-state index in [1.54, 1.807) is 0 Å². The number of halogens is 4. The number of carbonyl (C=O) groups is 3. The lowest BCUT2D eigenvalue weighted by molar-refractivity contribution is -0.274. The molecule has 0 aliphatic heterocycles. The SMILES string of the molecule is CN(C(=O)c1nc[nH]c1C(N)=O)c1ccc(NC(=O)c2cc(OC(F)(F)F)ccc2Br)cc1. The lowest BCUT2D eigenvalue weighted by Crippen LogP contribution is -2.29. The number of nitrogens with zero attached hydrogens (tertiary/aromatic N) is 2. The summed E-state index contributed by atoms with van der Waals surface area (Å²) in [7, 11) is 1.46. The topological polar surface area (TPSA) is 130 Å². The van der Waals surface area contributed by atoms with Gasteiger partial charge in [-0.2, -0.15) is 0 Å². The lowest BCUT2D eigenvalue weighted by atomic mass is 10.2. The Bertz CT molecular complexity index is 1210. The molecule has 0 bridgehead atoms. The summed E-state index contributed by atoms with van der Waals surface area (Å²) in [6.45, 7) is 0. The van der Waals surface area contributed by atoms with Crippen molar-refractivity contribution < 1.29 is 32.3 Å². The Balaban J connectivity index is 1.74. The van der Waals surface area contributed by atoms with E-state index >= 15 is 0 Å². The predicted octanol–water partition coefficient (Wildman–Crippen LogP) is 3.70. The standard InChI is InChI=1S/C20H15BrF3N5O4/c1-29(19(32)16-15(17(25)30)26-9-27-16)11-4-2-10(3-5-11)28-18(31)13-8-12(6-7-14(13)21)33-20(22,23)24/h2-9H,1H3,(H2,25,30)(H,26,27)(H,28,31). The molecular weight excluding hydrogens is 511 g/mol. The molecule has 13 heteroatoms. The van der Waals surface area contributed by atoms with Gasteiger partial charge >= 0.3 is 6.36 Å². The lowest BCUT2D eigenvalue weighted by Gasteiger charge is -2.17. The molecule has 4 N–H and O–H groups in total. The van der Waals surface area contributed by atoms with Gasteiger partial charge in [0.15, 0.2) is 5.69 Å². The monoisotopic (exact) mass is 525 g/mol. The zero-order chi connectivity index (χ0) is 24.3. The second-order valence-electron chi connectivity index (χ2n) is 6.55. The third kappa shape index (κ3) is 5.68. The van der Waals surface area contributed by atoms with Gasteiger partial charge in [0.2, 0.25) is 0 Å². The Morgan fingerprint density at radius 3 is 2.42 bits per heavy atom. The van der Waals surface area contributed by atoms with E-state index in [4.69, 9.17) is 5.73 Å². The van der Waals surface area contributed by atoms with Gasteiger partial charge in [-0.1, -0.05) is 0 Å². The number of amides is 3. The van der Waals surface area contributed by atoms with Gasteiger partial charge in [-0.3, -0.25) is 14.4 Å². The highest BCUT2D eigenvalue weighted by molar-refractivity contribution is 9.10. The number of carbonyl (C=O) groups excluding carboxylic acids is 3. The molecule has 2 aromatic carbocycles. The van der Waals surface area contributed by atoms with E-state index in [9.17, 15) is 27.6 Å². The predicted molar refractivity (Wildman–Crippen MR) is 115 cm³/mol. The number of rotatable bonds is 6. The third-order valence-corrected chi connectivity index (χ3v) is 5.01. The van der Waals surface area contributed by atoms with Gasteiger partial charge in [-0.05, 0) is 58.4 Å². The molecule has 0 unspecified atom stereocenters. The van der Waals surface area contributed by atoms with Gasteiger partial charge < -0.3 is 25.7 Å². The third-order valence-electron chi connectivity index (χ3n) is 4.32. The number of hydrogen-bond acceptors (Lipinski definition) is 5. The number of aromatic nitrogens is 2. The first-order chi connectivity index (χ1) is 15.5. The van der Waals surface area contributed by atoms with E-state index in [2.05, 4.69) is 36.0 Å². The zero-order valence-corrected chi connectivity index (χ0v) is 18.3. The first-order valence-electron chi connectivity index (χ1n) is 9.04. The van der Waals surface area contributed by atoms with E-state index < -0.39 is 29.8 Å². The highest BCUT2D eigenvalue weighted by atomic mass is 79.9. The summed E-state index contributed by atoms with van der Waals surface area (Å²) in [5.74, 6) is -2.65. The van der Waals surface area contributed by atoms with Crippen LogP contribution in [0.2, 0.25) is 0 Å². The van der Waals surface area contributed by atoms with Crippen LogP contribution >= 0.6 is 15.9 Å². The van der Waals surface area contributed by atoms with Crippen LogP contribution < -0.4 is 20.7 Å². The minimum atomic E-state index is -4.89. The van der Waals surface area contributed by atoms with Crippen LogP contribution in [0.1, 0.15) is 31.3 Å². The summed E-state index contributed by atoms with van der Waals surface area (Å²) in [6.07, 6.45) is -3.72. The number of nitrogens with one attached hydrogen (secondary N) is 2. The normalized spacial score (nSPS) is 11.1. The molecule has 0 saturated carbocycles. The number of alkyl halides is 3. The fraction of sp³-hybridized carbons (Fsp3) is 0.100. The van der Waals surface area contributed by atoms with Crippen molar-refractivity contribution in [2.24, 2.45) is 5.73 Å². The summed E-state index contributed by atoms with van der Waals surface area (Å²) in [6, 6.07) is 9.29. The molecule has 0 saturated heterocycles. The van der Waals surface area contributed by atoms with Crippen molar-refractivity contribution >= 4 is 45.0 Å². The molecule has 0 atom stereocenters. The van der Waals surface area contributed by atoms with Crippen LogP contribution in [0.3, 0.4) is 0 Å². The number of benzene rings is 2. The van der Waals surface area contributed by atoms with Crippen molar-refractivity contribution in [2.75, 3.05) is 17.3 Å². The molecule has 0 aliphatic carbocycles. The van der Waals surface area contributed by atoms with Crippen LogP contribution in [-0.2, 0) is 0 Å². The molecule has 0 fully saturated rings. The van der Waals surface area contributed by atoms with Gasteiger partial charge in [-0.15, -0.1) is 13.2 Å². The van der Waals surface area contributed by atoms with Crippen LogP contribution in [0.5, 0.6) is 5.75 Å². The van der Waals surface area contributed by atoms with E-state index in [0.29, 0.717) is 11.4 Å². The summed E-state index contributed by atoms with van der Waals surface area (Å²) in [5, 5.41) is 2.55. The fourth-order valence-electron chi connectivity index (χ4n) is 2.76. The van der Waals surface area contributed by atoms with Gasteiger partial charge in [0, 0.05) is 22.9 Å². The summed E-state index contributed by atoms with van der Waals surface area (Å²) >= 11 is 3.12. The van der Waals surface area contributed by atoms with Gasteiger partial charge in [0.25, 0.3) is 17.7 Å². The average molecular weight is 526 g/mol. The Morgan fingerprint density at radius 2 is 1.82 bits per heavy atom. The molecule has 33 heavy (non-hydrogen) atoms. The van der Waals surface area contributed by atoms with Crippen LogP contribution in [0.25, 0.3) is 0 Å². The number of H-pyrrole nitrogens is 1. The molecule has 1 aromatic heterocycles. The molecular formula is C20H15BrF3N5O4. The number of primary amides is 1. The molecule has 3 amide bonds. The first-order valence-corrected chi connectivity index (χ1v) is 9.83. The molecule has 0 spiro atoms. The Hall–Kier alpha value is -3.87. The van der Waals surface area contributed by atoms with E-state index in [1.165, 1.54) is 48.6 Å². The maximum atomic E-state index is 12.6. The van der Waals surface area contributed by atoms with Gasteiger partial charge in [0.05, 0.1) is 11.9 Å². The van der Waals surface area contributed by atoms with Crippen LogP contribution in [0, 0.1) is 0 Å². The van der Waals surface area contributed by atoms with E-state index in [1.807, 2.05) is 0 Å². The average Bonchev–Trinajstić information content (AvgIpc) is 3.24. The maximum absolute atomic E-state index is 12.6. The van der Waals surface area contributed by atoms with Crippen molar-refractivity contribution in [3.63, 3.8) is 0 Å². The molecule has 1 heterocycles. The largest absolute Gasteiger partial charge is 0.573 e. The number of nitrogens with two attached hydrogens (primary N) is 1. The molecule has 172 valence electrons. The molecule has 3 aromatic rings. The molecule has 3 rings (SSSR count). The Morgan fingerprint density at radius 1 is 1.15 bits per heavy atom. The van der Waals surface area contributed by atoms with Crippen molar-refractivity contribution in [1.82, 2.24) is 9.97 Å². The van der Waals surface area contributed by atoms with Crippen LogP contribution in [0.4, 0.5) is 24.5 Å². The van der Waals surface area contributed by atoms with Gasteiger partial charge in [0.1, 0.15) is 11.4 Å². The number of hydrogen-bond donors (Lipinski definition) is 3. The van der Waals surface area contributed by atoms with Crippen molar-refractivity contribution in [3.8, 4) is 5.75 Å². The van der Waals surface area contributed by atoms with E-state index in [0.717, 1.165) is 12.1 Å². The maximum Gasteiger partial charge on any atom is 0.573 e. The summed E-state index contributed by atoms with van der Waals surface area (Å²) in [5.41, 5.74) is 5.59. The highest BCUT2D eigenvalue weighted by Crippen LogP contribution is 2.28. The number of imidazole rings is 1. The minimum Gasteiger partial charge on any atom is -0.406 e. The fourth-order valence-corrected chi connectivity index (χ4v) is 3.19. The van der Waals surface area contributed by atoms with Crippen molar-refractivity contribution in [2.45, 2.75) is 6.36 Å². The summed E-state index contributed by atoms with van der Waals surface area (Å²) < 4.78 is 41.4. The molecule has 9 nitrogen and oxygen atoms in total. The quantitative estimate of drug-likeness (QED) is 0.451. The number of aromatic amines is 1. The molecule has 0 aliphatic rings. The number of ether oxygens (including phenoxy) is 1. The second kappa shape index (κ2) is 9.32. The molecule has 0 radical (unpaired) electrons. The summed E-state index contributed by atoms with van der Waals surface area (Å²) in [4.78, 5) is 44.1. The second-order valence-corrected chi connectivity index (χ2v) is 7.40.